The minimum Gasteiger partial charge on any atom is -0.351 e. The Hall–Kier alpha value is -2.89. The zero-order valence-corrected chi connectivity index (χ0v) is 18.9. The molecule has 0 aliphatic rings. The number of aryl methyl sites for hydroxylation is 1. The van der Waals surface area contributed by atoms with Crippen LogP contribution in [0, 0.1) is 6.92 Å². The van der Waals surface area contributed by atoms with Gasteiger partial charge in [-0.3, -0.25) is 9.59 Å². The third kappa shape index (κ3) is 5.43. The van der Waals surface area contributed by atoms with Crippen molar-refractivity contribution >= 4 is 39.9 Å². The zero-order chi connectivity index (χ0) is 22.4. The lowest BCUT2D eigenvalue weighted by atomic mass is 10.0. The Bertz CT molecular complexity index is 1090. The Labute approximate surface area is 188 Å². The predicted octanol–water partition coefficient (Wildman–Crippen LogP) is 5.13. The van der Waals surface area contributed by atoms with E-state index in [9.17, 15) is 9.59 Å². The van der Waals surface area contributed by atoms with Gasteiger partial charge in [0.2, 0.25) is 0 Å². The van der Waals surface area contributed by atoms with Crippen molar-refractivity contribution in [2.45, 2.75) is 20.8 Å². The predicted molar refractivity (Wildman–Crippen MR) is 128 cm³/mol. The molecule has 0 bridgehead atoms. The summed E-state index contributed by atoms with van der Waals surface area (Å²) in [5.41, 5.74) is 2.31. The number of benzene rings is 3. The van der Waals surface area contributed by atoms with E-state index in [-0.39, 0.29) is 11.8 Å². The summed E-state index contributed by atoms with van der Waals surface area (Å²) in [7, 11) is 0. The first-order chi connectivity index (χ1) is 14.9. The molecule has 0 atom stereocenters. The molecule has 2 N–H and O–H groups in total. The largest absolute Gasteiger partial charge is 0.351 e. The fourth-order valence-corrected chi connectivity index (χ4v) is 3.81. The Balaban J connectivity index is 1.74. The van der Waals surface area contributed by atoms with Crippen LogP contribution in [0.2, 0.25) is 5.02 Å². The van der Waals surface area contributed by atoms with Crippen LogP contribution in [0.1, 0.15) is 40.1 Å². The molecule has 0 fully saturated rings. The summed E-state index contributed by atoms with van der Waals surface area (Å²) in [6.07, 6.45) is 0. The first kappa shape index (κ1) is 22.8. The van der Waals surface area contributed by atoms with E-state index in [1.54, 1.807) is 18.2 Å². The Kier molecular flexibility index (Phi) is 7.66. The van der Waals surface area contributed by atoms with Crippen LogP contribution in [-0.2, 0) is 0 Å². The monoisotopic (exact) mass is 437 g/mol. The third-order valence-corrected chi connectivity index (χ3v) is 5.76. The molecular formula is C25H28ClN3O2. The van der Waals surface area contributed by atoms with E-state index in [1.807, 2.05) is 43.3 Å². The molecule has 0 saturated carbocycles. The Morgan fingerprint density at radius 2 is 1.65 bits per heavy atom. The molecule has 0 spiro atoms. The minimum atomic E-state index is -0.241. The molecule has 0 aliphatic heterocycles. The molecule has 3 rings (SSSR count). The van der Waals surface area contributed by atoms with Gasteiger partial charge in [-0.05, 0) is 54.5 Å². The maximum atomic E-state index is 12.9. The van der Waals surface area contributed by atoms with Gasteiger partial charge in [0.05, 0.1) is 10.7 Å². The number of fused-ring (bicyclic) bond motifs is 1. The van der Waals surface area contributed by atoms with Crippen LogP contribution in [0.4, 0.5) is 5.69 Å². The molecule has 0 aliphatic carbocycles. The number of hydrogen-bond acceptors (Lipinski definition) is 3. The second-order valence-electron chi connectivity index (χ2n) is 7.41. The fraction of sp³-hybridized carbons (Fsp3) is 0.280. The van der Waals surface area contributed by atoms with E-state index < -0.39 is 0 Å². The number of rotatable bonds is 8. The van der Waals surface area contributed by atoms with Crippen LogP contribution in [0.15, 0.2) is 54.6 Å². The minimum absolute atomic E-state index is 0.168. The molecule has 3 aromatic carbocycles. The van der Waals surface area contributed by atoms with Crippen LogP contribution in [0.5, 0.6) is 0 Å². The topological polar surface area (TPSA) is 61.4 Å². The van der Waals surface area contributed by atoms with Gasteiger partial charge in [-0.25, -0.2) is 0 Å². The van der Waals surface area contributed by atoms with E-state index in [2.05, 4.69) is 29.4 Å². The summed E-state index contributed by atoms with van der Waals surface area (Å²) < 4.78 is 0. The van der Waals surface area contributed by atoms with Crippen molar-refractivity contribution < 1.29 is 9.59 Å². The van der Waals surface area contributed by atoms with Crippen molar-refractivity contribution in [1.82, 2.24) is 10.2 Å². The summed E-state index contributed by atoms with van der Waals surface area (Å²) in [5, 5.41) is 8.03. The lowest BCUT2D eigenvalue weighted by molar-refractivity contribution is 0.0947. The van der Waals surface area contributed by atoms with Gasteiger partial charge in [0.1, 0.15) is 0 Å². The highest BCUT2D eigenvalue weighted by atomic mass is 35.5. The van der Waals surface area contributed by atoms with Crippen LogP contribution in [0.3, 0.4) is 0 Å². The summed E-state index contributed by atoms with van der Waals surface area (Å²) >= 11 is 6.42. The normalized spacial score (nSPS) is 11.0. The van der Waals surface area contributed by atoms with Crippen LogP contribution in [-0.4, -0.2) is 42.9 Å². The summed E-state index contributed by atoms with van der Waals surface area (Å²) in [6.45, 7) is 9.29. The average molecular weight is 438 g/mol. The molecular weight excluding hydrogens is 410 g/mol. The second kappa shape index (κ2) is 10.4. The first-order valence-electron chi connectivity index (χ1n) is 10.5. The van der Waals surface area contributed by atoms with E-state index >= 15 is 0 Å². The lowest BCUT2D eigenvalue weighted by Crippen LogP contribution is -2.35. The van der Waals surface area contributed by atoms with Crippen LogP contribution < -0.4 is 10.6 Å². The van der Waals surface area contributed by atoms with E-state index in [0.29, 0.717) is 28.4 Å². The quantitative estimate of drug-likeness (QED) is 0.513. The maximum Gasteiger partial charge on any atom is 0.256 e. The SMILES string of the molecule is CCN(CC)CCNC(=O)c1cc(Cl)c(NC(=O)c2cccc3ccccc23)cc1C. The van der Waals surface area contributed by atoms with Gasteiger partial charge >= 0.3 is 0 Å². The van der Waals surface area contributed by atoms with Gasteiger partial charge in [0.15, 0.2) is 0 Å². The molecule has 0 aromatic heterocycles. The molecule has 0 radical (unpaired) electrons. The number of likely N-dealkylation sites (N-methyl/N-ethyl adjacent to an activating group) is 1. The number of nitrogens with zero attached hydrogens (tertiary/aromatic N) is 1. The van der Waals surface area contributed by atoms with E-state index in [4.69, 9.17) is 11.6 Å². The van der Waals surface area contributed by atoms with Gasteiger partial charge in [0, 0.05) is 24.2 Å². The average Bonchev–Trinajstić information content (AvgIpc) is 2.78. The molecule has 2 amide bonds. The van der Waals surface area contributed by atoms with Crippen molar-refractivity contribution in [3.05, 3.63) is 76.3 Å². The highest BCUT2D eigenvalue weighted by Crippen LogP contribution is 2.27. The van der Waals surface area contributed by atoms with Crippen molar-refractivity contribution in [3.63, 3.8) is 0 Å². The van der Waals surface area contributed by atoms with Crippen LogP contribution >= 0.6 is 11.6 Å². The number of carbonyl (C=O) groups excluding carboxylic acids is 2. The smallest absolute Gasteiger partial charge is 0.256 e. The first-order valence-corrected chi connectivity index (χ1v) is 10.9. The molecule has 0 heterocycles. The fourth-order valence-electron chi connectivity index (χ4n) is 3.60. The second-order valence-corrected chi connectivity index (χ2v) is 7.82. The molecule has 162 valence electrons. The van der Waals surface area contributed by atoms with E-state index in [1.165, 1.54) is 0 Å². The van der Waals surface area contributed by atoms with Gasteiger partial charge in [0.25, 0.3) is 11.8 Å². The summed E-state index contributed by atoms with van der Waals surface area (Å²) in [6, 6.07) is 16.7. The molecule has 5 nitrogen and oxygen atoms in total. The van der Waals surface area contributed by atoms with Gasteiger partial charge < -0.3 is 15.5 Å². The summed E-state index contributed by atoms with van der Waals surface area (Å²) in [4.78, 5) is 27.8. The van der Waals surface area contributed by atoms with Crippen molar-refractivity contribution in [1.29, 1.82) is 0 Å². The van der Waals surface area contributed by atoms with Crippen LogP contribution in [0.25, 0.3) is 10.8 Å². The van der Waals surface area contributed by atoms with Gasteiger partial charge in [-0.1, -0.05) is 61.8 Å². The standard InChI is InChI=1S/C25H28ClN3O2/c1-4-29(5-2)14-13-27-24(30)21-16-22(26)23(15-17(21)3)28-25(31)20-12-8-10-18-9-6-7-11-19(18)20/h6-12,15-16H,4-5,13-14H2,1-3H3,(H,27,30)(H,28,31). The number of amides is 2. The number of anilines is 1. The maximum absolute atomic E-state index is 12.9. The molecule has 31 heavy (non-hydrogen) atoms. The Morgan fingerprint density at radius 3 is 2.39 bits per heavy atom. The van der Waals surface area contributed by atoms with Gasteiger partial charge in [-0.2, -0.15) is 0 Å². The highest BCUT2D eigenvalue weighted by molar-refractivity contribution is 6.34. The number of nitrogens with one attached hydrogen (secondary N) is 2. The third-order valence-electron chi connectivity index (χ3n) is 5.45. The molecule has 0 saturated heterocycles. The van der Waals surface area contributed by atoms with Gasteiger partial charge in [-0.15, -0.1) is 0 Å². The zero-order valence-electron chi connectivity index (χ0n) is 18.2. The van der Waals surface area contributed by atoms with Crippen molar-refractivity contribution in [3.8, 4) is 0 Å². The molecule has 0 unspecified atom stereocenters. The Morgan fingerprint density at radius 1 is 0.935 bits per heavy atom. The number of hydrogen-bond donors (Lipinski definition) is 2. The lowest BCUT2D eigenvalue weighted by Gasteiger charge is -2.18. The van der Waals surface area contributed by atoms with Crippen molar-refractivity contribution in [2.24, 2.45) is 0 Å². The van der Waals surface area contributed by atoms with Crippen molar-refractivity contribution in [2.75, 3.05) is 31.5 Å². The number of halogens is 1. The summed E-state index contributed by atoms with van der Waals surface area (Å²) in [5.74, 6) is -0.409. The number of carbonyl (C=O) groups is 2. The van der Waals surface area contributed by atoms with E-state index in [0.717, 1.165) is 36.0 Å². The highest BCUT2D eigenvalue weighted by Gasteiger charge is 2.16. The molecule has 6 heteroatoms. The molecule has 3 aromatic rings.